The van der Waals surface area contributed by atoms with Crippen molar-refractivity contribution in [1.82, 2.24) is 4.98 Å². The summed E-state index contributed by atoms with van der Waals surface area (Å²) in [5.74, 6) is -0.383. The van der Waals surface area contributed by atoms with E-state index in [0.717, 1.165) is 0 Å². The molecule has 136 valence electrons. The molecule has 2 amide bonds. The van der Waals surface area contributed by atoms with Gasteiger partial charge in [-0.2, -0.15) is 0 Å². The zero-order valence-electron chi connectivity index (χ0n) is 14.5. The second-order valence-electron chi connectivity index (χ2n) is 5.78. The smallest absolute Gasteiger partial charge is 0.257 e. The first-order chi connectivity index (χ1) is 13.0. The lowest BCUT2D eigenvalue weighted by molar-refractivity contribution is -0.114. The molecule has 0 atom stereocenters. The van der Waals surface area contributed by atoms with Crippen LogP contribution in [0.3, 0.4) is 0 Å². The second kappa shape index (κ2) is 8.09. The van der Waals surface area contributed by atoms with Crippen LogP contribution in [-0.2, 0) is 4.79 Å². The molecule has 7 heteroatoms. The normalized spacial score (nSPS) is 10.1. The molecule has 2 aromatic carbocycles. The molecule has 1 heterocycles. The Hall–Kier alpha value is -3.74. The van der Waals surface area contributed by atoms with E-state index in [0.29, 0.717) is 28.4 Å². The van der Waals surface area contributed by atoms with Crippen molar-refractivity contribution in [3.63, 3.8) is 0 Å². The van der Waals surface area contributed by atoms with Crippen LogP contribution in [0.4, 0.5) is 27.3 Å². The van der Waals surface area contributed by atoms with Gasteiger partial charge in [0.15, 0.2) is 0 Å². The highest BCUT2D eigenvalue weighted by atomic mass is 19.1. The van der Waals surface area contributed by atoms with Crippen LogP contribution >= 0.6 is 0 Å². The number of hydrogen-bond acceptors (Lipinski definition) is 4. The Labute approximate surface area is 155 Å². The molecular weight excluding hydrogens is 347 g/mol. The highest BCUT2D eigenvalue weighted by Gasteiger charge is 2.08. The number of pyridine rings is 1. The van der Waals surface area contributed by atoms with Gasteiger partial charge in [0, 0.05) is 30.2 Å². The summed E-state index contributed by atoms with van der Waals surface area (Å²) in [7, 11) is 0. The van der Waals surface area contributed by atoms with Crippen LogP contribution in [0.2, 0.25) is 0 Å². The fourth-order valence-electron chi connectivity index (χ4n) is 2.40. The third-order valence-corrected chi connectivity index (χ3v) is 3.56. The molecule has 0 radical (unpaired) electrons. The molecule has 0 saturated heterocycles. The predicted molar refractivity (Wildman–Crippen MR) is 103 cm³/mol. The number of benzene rings is 2. The Morgan fingerprint density at radius 3 is 2.26 bits per heavy atom. The number of anilines is 4. The van der Waals surface area contributed by atoms with Crippen LogP contribution in [0.15, 0.2) is 66.9 Å². The minimum Gasteiger partial charge on any atom is -0.340 e. The summed E-state index contributed by atoms with van der Waals surface area (Å²) in [6, 6.07) is 16.1. The first-order valence-corrected chi connectivity index (χ1v) is 8.17. The number of aromatic nitrogens is 1. The maximum absolute atomic E-state index is 13.2. The molecule has 3 N–H and O–H groups in total. The van der Waals surface area contributed by atoms with Crippen LogP contribution in [0, 0.1) is 5.82 Å². The second-order valence-corrected chi connectivity index (χ2v) is 5.78. The van der Waals surface area contributed by atoms with Crippen molar-refractivity contribution in [1.29, 1.82) is 0 Å². The maximum atomic E-state index is 13.2. The minimum atomic E-state index is -0.350. The standard InChI is InChI=1S/C20H17FN4O2/c1-13(26)23-17-6-3-7-18(11-17)25-20(27)14-8-9-19(22-12-14)24-16-5-2-4-15(21)10-16/h2-12H,1H3,(H,22,24)(H,23,26)(H,25,27). The van der Waals surface area contributed by atoms with Crippen molar-refractivity contribution in [2.24, 2.45) is 0 Å². The van der Waals surface area contributed by atoms with Crippen molar-refractivity contribution in [2.75, 3.05) is 16.0 Å². The molecule has 0 saturated carbocycles. The molecule has 3 rings (SSSR count). The predicted octanol–water partition coefficient (Wildman–Crippen LogP) is 4.18. The number of rotatable bonds is 5. The lowest BCUT2D eigenvalue weighted by atomic mass is 10.2. The van der Waals surface area contributed by atoms with Crippen molar-refractivity contribution in [3.05, 3.63) is 78.2 Å². The number of amides is 2. The first-order valence-electron chi connectivity index (χ1n) is 8.17. The van der Waals surface area contributed by atoms with Crippen molar-refractivity contribution >= 4 is 34.7 Å². The van der Waals surface area contributed by atoms with E-state index in [1.54, 1.807) is 48.5 Å². The molecule has 27 heavy (non-hydrogen) atoms. The fraction of sp³-hybridized carbons (Fsp3) is 0.0500. The topological polar surface area (TPSA) is 83.1 Å². The quantitative estimate of drug-likeness (QED) is 0.634. The van der Waals surface area contributed by atoms with Gasteiger partial charge in [0.05, 0.1) is 5.56 Å². The van der Waals surface area contributed by atoms with Crippen molar-refractivity contribution < 1.29 is 14.0 Å². The number of hydrogen-bond donors (Lipinski definition) is 3. The van der Waals surface area contributed by atoms with Gasteiger partial charge in [-0.05, 0) is 48.5 Å². The van der Waals surface area contributed by atoms with E-state index < -0.39 is 0 Å². The van der Waals surface area contributed by atoms with E-state index in [9.17, 15) is 14.0 Å². The Balaban J connectivity index is 1.66. The monoisotopic (exact) mass is 364 g/mol. The van der Waals surface area contributed by atoms with E-state index in [1.165, 1.54) is 25.3 Å². The van der Waals surface area contributed by atoms with Gasteiger partial charge >= 0.3 is 0 Å². The zero-order chi connectivity index (χ0) is 19.2. The lowest BCUT2D eigenvalue weighted by Crippen LogP contribution is -2.13. The number of halogens is 1. The SMILES string of the molecule is CC(=O)Nc1cccc(NC(=O)c2ccc(Nc3cccc(F)c3)nc2)c1. The Morgan fingerprint density at radius 2 is 1.59 bits per heavy atom. The summed E-state index contributed by atoms with van der Waals surface area (Å²) in [6.45, 7) is 1.41. The van der Waals surface area contributed by atoms with E-state index in [1.807, 2.05) is 0 Å². The molecule has 0 aliphatic heterocycles. The van der Waals surface area contributed by atoms with Gasteiger partial charge in [-0.3, -0.25) is 9.59 Å². The third-order valence-electron chi connectivity index (χ3n) is 3.56. The van der Waals surface area contributed by atoms with Crippen LogP contribution in [0.5, 0.6) is 0 Å². The van der Waals surface area contributed by atoms with Crippen molar-refractivity contribution in [3.8, 4) is 0 Å². The van der Waals surface area contributed by atoms with Gasteiger partial charge in [-0.1, -0.05) is 12.1 Å². The molecule has 0 fully saturated rings. The first kappa shape index (κ1) is 18.1. The molecule has 0 spiro atoms. The highest BCUT2D eigenvalue weighted by molar-refractivity contribution is 6.04. The maximum Gasteiger partial charge on any atom is 0.257 e. The fourth-order valence-corrected chi connectivity index (χ4v) is 2.40. The summed E-state index contributed by atoms with van der Waals surface area (Å²) >= 11 is 0. The average Bonchev–Trinajstić information content (AvgIpc) is 2.62. The molecular formula is C20H17FN4O2. The summed E-state index contributed by atoms with van der Waals surface area (Å²) in [5, 5.41) is 8.37. The molecule has 0 aliphatic rings. The molecule has 0 unspecified atom stereocenters. The molecule has 0 bridgehead atoms. The van der Waals surface area contributed by atoms with E-state index in [-0.39, 0.29) is 17.6 Å². The van der Waals surface area contributed by atoms with Crippen LogP contribution in [-0.4, -0.2) is 16.8 Å². The van der Waals surface area contributed by atoms with E-state index >= 15 is 0 Å². The molecule has 0 aliphatic carbocycles. The summed E-state index contributed by atoms with van der Waals surface area (Å²) in [5.41, 5.74) is 2.07. The Kier molecular flexibility index (Phi) is 5.41. The summed E-state index contributed by atoms with van der Waals surface area (Å²) in [6.07, 6.45) is 1.43. The van der Waals surface area contributed by atoms with Gasteiger partial charge in [0.2, 0.25) is 5.91 Å². The number of nitrogens with one attached hydrogen (secondary N) is 3. The summed E-state index contributed by atoms with van der Waals surface area (Å²) in [4.78, 5) is 27.6. The minimum absolute atomic E-state index is 0.191. The highest BCUT2D eigenvalue weighted by Crippen LogP contribution is 2.18. The third kappa shape index (κ3) is 5.12. The average molecular weight is 364 g/mol. The lowest BCUT2D eigenvalue weighted by Gasteiger charge is -2.09. The van der Waals surface area contributed by atoms with Crippen LogP contribution in [0.25, 0.3) is 0 Å². The largest absolute Gasteiger partial charge is 0.340 e. The van der Waals surface area contributed by atoms with Crippen molar-refractivity contribution in [2.45, 2.75) is 6.92 Å². The molecule has 3 aromatic rings. The van der Waals surface area contributed by atoms with Gasteiger partial charge in [-0.15, -0.1) is 0 Å². The Morgan fingerprint density at radius 1 is 0.889 bits per heavy atom. The molecule has 1 aromatic heterocycles. The number of carbonyl (C=O) groups excluding carboxylic acids is 2. The van der Waals surface area contributed by atoms with Crippen LogP contribution in [0.1, 0.15) is 17.3 Å². The Bertz CT molecular complexity index is 974. The number of nitrogens with zero attached hydrogens (tertiary/aromatic N) is 1. The number of carbonyl (C=O) groups is 2. The van der Waals surface area contributed by atoms with Gasteiger partial charge < -0.3 is 16.0 Å². The summed E-state index contributed by atoms with van der Waals surface area (Å²) < 4.78 is 13.2. The van der Waals surface area contributed by atoms with Crippen LogP contribution < -0.4 is 16.0 Å². The van der Waals surface area contributed by atoms with Gasteiger partial charge in [0.25, 0.3) is 5.91 Å². The zero-order valence-corrected chi connectivity index (χ0v) is 14.5. The molecule has 6 nitrogen and oxygen atoms in total. The van der Waals surface area contributed by atoms with Gasteiger partial charge in [-0.25, -0.2) is 9.37 Å². The van der Waals surface area contributed by atoms with E-state index in [2.05, 4.69) is 20.9 Å². The van der Waals surface area contributed by atoms with Gasteiger partial charge in [0.1, 0.15) is 11.6 Å². The van der Waals surface area contributed by atoms with E-state index in [4.69, 9.17) is 0 Å².